The predicted molar refractivity (Wildman–Crippen MR) is 72.8 cm³/mol. The van der Waals surface area contributed by atoms with Crippen molar-refractivity contribution < 1.29 is 42.9 Å². The molecule has 0 spiro atoms. The second-order valence-corrected chi connectivity index (χ2v) is 5.04. The topological polar surface area (TPSA) is 114 Å². The van der Waals surface area contributed by atoms with Crippen molar-refractivity contribution in [2.24, 2.45) is 0 Å². The molecule has 0 aromatic heterocycles. The SMILES string of the molecule is CC(=O)O[C@H]1O[C@H](C)[C@@H](OC(C)=O)[C@@H](OC(C)=O)[C@H]1OC(C)=O. The fraction of sp³-hybridized carbons (Fsp3) is 0.714. The lowest BCUT2D eigenvalue weighted by Gasteiger charge is -2.42. The zero-order valence-corrected chi connectivity index (χ0v) is 13.6. The van der Waals surface area contributed by atoms with Crippen LogP contribution in [0.25, 0.3) is 0 Å². The molecule has 5 atom stereocenters. The van der Waals surface area contributed by atoms with E-state index in [1.807, 2.05) is 0 Å². The van der Waals surface area contributed by atoms with Crippen molar-refractivity contribution in [2.75, 3.05) is 0 Å². The van der Waals surface area contributed by atoms with Crippen molar-refractivity contribution in [3.05, 3.63) is 0 Å². The van der Waals surface area contributed by atoms with Crippen molar-refractivity contribution >= 4 is 23.9 Å². The Bertz CT molecular complexity index is 487. The first-order valence-electron chi connectivity index (χ1n) is 6.96. The molecule has 23 heavy (non-hydrogen) atoms. The van der Waals surface area contributed by atoms with Gasteiger partial charge in [-0.1, -0.05) is 0 Å². The van der Waals surface area contributed by atoms with E-state index in [9.17, 15) is 19.2 Å². The Morgan fingerprint density at radius 2 is 1.04 bits per heavy atom. The van der Waals surface area contributed by atoms with E-state index in [0.29, 0.717) is 0 Å². The Labute approximate surface area is 133 Å². The minimum absolute atomic E-state index is 0.630. The molecule has 0 N–H and O–H groups in total. The number of ether oxygens (including phenoxy) is 5. The number of esters is 4. The fourth-order valence-corrected chi connectivity index (χ4v) is 2.23. The highest BCUT2D eigenvalue weighted by molar-refractivity contribution is 5.69. The van der Waals surface area contributed by atoms with Gasteiger partial charge in [0.2, 0.25) is 12.4 Å². The van der Waals surface area contributed by atoms with Crippen LogP contribution in [-0.4, -0.2) is 54.6 Å². The molecule has 0 aliphatic carbocycles. The fourth-order valence-electron chi connectivity index (χ4n) is 2.23. The van der Waals surface area contributed by atoms with Crippen LogP contribution >= 0.6 is 0 Å². The van der Waals surface area contributed by atoms with E-state index in [-0.39, 0.29) is 0 Å². The van der Waals surface area contributed by atoms with Crippen molar-refractivity contribution in [2.45, 2.75) is 65.3 Å². The zero-order valence-electron chi connectivity index (χ0n) is 13.6. The molecular formula is C14H20O9. The smallest absolute Gasteiger partial charge is 0.305 e. The van der Waals surface area contributed by atoms with Crippen LogP contribution in [0.2, 0.25) is 0 Å². The van der Waals surface area contributed by atoms with Crippen LogP contribution in [0.5, 0.6) is 0 Å². The third-order valence-electron chi connectivity index (χ3n) is 2.92. The monoisotopic (exact) mass is 332 g/mol. The Morgan fingerprint density at radius 1 is 0.652 bits per heavy atom. The summed E-state index contributed by atoms with van der Waals surface area (Å²) in [6, 6.07) is 0. The normalized spacial score (nSPS) is 30.0. The lowest BCUT2D eigenvalue weighted by atomic mass is 9.99. The molecule has 130 valence electrons. The molecule has 0 bridgehead atoms. The molecule has 0 saturated carbocycles. The zero-order chi connectivity index (χ0) is 17.7. The molecule has 1 fully saturated rings. The van der Waals surface area contributed by atoms with E-state index in [0.717, 1.165) is 20.8 Å². The minimum Gasteiger partial charge on any atom is -0.456 e. The van der Waals surface area contributed by atoms with Gasteiger partial charge in [-0.05, 0) is 6.92 Å². The van der Waals surface area contributed by atoms with Gasteiger partial charge in [-0.25, -0.2) is 0 Å². The van der Waals surface area contributed by atoms with Crippen LogP contribution < -0.4 is 0 Å². The molecule has 1 heterocycles. The Morgan fingerprint density at radius 3 is 1.48 bits per heavy atom. The van der Waals surface area contributed by atoms with Gasteiger partial charge < -0.3 is 23.7 Å². The number of hydrogen-bond acceptors (Lipinski definition) is 9. The van der Waals surface area contributed by atoms with Crippen LogP contribution in [-0.2, 0) is 42.9 Å². The molecule has 0 amide bonds. The van der Waals surface area contributed by atoms with Gasteiger partial charge in [0, 0.05) is 27.7 Å². The summed E-state index contributed by atoms with van der Waals surface area (Å²) in [6.07, 6.45) is -5.51. The second kappa shape index (κ2) is 7.91. The lowest BCUT2D eigenvalue weighted by Crippen LogP contribution is -2.61. The van der Waals surface area contributed by atoms with E-state index in [1.54, 1.807) is 6.92 Å². The number of rotatable bonds is 4. The van der Waals surface area contributed by atoms with Crippen LogP contribution in [0.3, 0.4) is 0 Å². The Hall–Kier alpha value is -2.16. The number of carbonyl (C=O) groups excluding carboxylic acids is 4. The molecular weight excluding hydrogens is 312 g/mol. The van der Waals surface area contributed by atoms with Gasteiger partial charge >= 0.3 is 23.9 Å². The average molecular weight is 332 g/mol. The molecule has 1 rings (SSSR count). The summed E-state index contributed by atoms with van der Waals surface area (Å²) in [7, 11) is 0. The number of hydrogen-bond donors (Lipinski definition) is 0. The molecule has 9 heteroatoms. The van der Waals surface area contributed by atoms with E-state index in [4.69, 9.17) is 23.7 Å². The van der Waals surface area contributed by atoms with Gasteiger partial charge in [0.05, 0.1) is 6.10 Å². The largest absolute Gasteiger partial charge is 0.456 e. The predicted octanol–water partition coefficient (Wildman–Crippen LogP) is 0.0894. The lowest BCUT2D eigenvalue weighted by molar-refractivity contribution is -0.292. The molecule has 1 aliphatic heterocycles. The van der Waals surface area contributed by atoms with E-state index >= 15 is 0 Å². The van der Waals surface area contributed by atoms with Crippen molar-refractivity contribution in [3.8, 4) is 0 Å². The summed E-state index contributed by atoms with van der Waals surface area (Å²) < 4.78 is 25.7. The highest BCUT2D eigenvalue weighted by Crippen LogP contribution is 2.29. The Balaban J connectivity index is 3.15. The number of carbonyl (C=O) groups is 4. The van der Waals surface area contributed by atoms with E-state index in [2.05, 4.69) is 0 Å². The van der Waals surface area contributed by atoms with Gasteiger partial charge in [0.25, 0.3) is 0 Å². The minimum atomic E-state index is -1.29. The third kappa shape index (κ3) is 5.51. The van der Waals surface area contributed by atoms with E-state index in [1.165, 1.54) is 6.92 Å². The Kier molecular flexibility index (Phi) is 6.49. The van der Waals surface area contributed by atoms with Gasteiger partial charge in [-0.2, -0.15) is 0 Å². The van der Waals surface area contributed by atoms with Crippen LogP contribution in [0.15, 0.2) is 0 Å². The molecule has 1 saturated heterocycles. The maximum Gasteiger partial charge on any atom is 0.305 e. The van der Waals surface area contributed by atoms with Crippen molar-refractivity contribution in [3.63, 3.8) is 0 Å². The summed E-state index contributed by atoms with van der Waals surface area (Å²) in [5, 5.41) is 0. The molecule has 0 aromatic carbocycles. The van der Waals surface area contributed by atoms with Crippen LogP contribution in [0.1, 0.15) is 34.6 Å². The van der Waals surface area contributed by atoms with Gasteiger partial charge in [0.15, 0.2) is 12.2 Å². The quantitative estimate of drug-likeness (QED) is 0.521. The highest BCUT2D eigenvalue weighted by Gasteiger charge is 2.51. The summed E-state index contributed by atoms with van der Waals surface area (Å²) in [4.78, 5) is 45.1. The molecule has 0 unspecified atom stereocenters. The third-order valence-corrected chi connectivity index (χ3v) is 2.92. The summed E-state index contributed by atoms with van der Waals surface area (Å²) in [5.74, 6) is -2.69. The summed E-state index contributed by atoms with van der Waals surface area (Å²) >= 11 is 0. The molecule has 0 radical (unpaired) electrons. The highest BCUT2D eigenvalue weighted by atomic mass is 16.7. The maximum absolute atomic E-state index is 11.4. The van der Waals surface area contributed by atoms with Crippen molar-refractivity contribution in [1.29, 1.82) is 0 Å². The van der Waals surface area contributed by atoms with E-state index < -0.39 is 54.6 Å². The molecule has 1 aliphatic rings. The van der Waals surface area contributed by atoms with Gasteiger partial charge in [-0.15, -0.1) is 0 Å². The summed E-state index contributed by atoms with van der Waals surface area (Å²) in [6.45, 7) is 6.16. The first-order valence-corrected chi connectivity index (χ1v) is 6.96. The molecule has 0 aromatic rings. The van der Waals surface area contributed by atoms with Crippen LogP contribution in [0.4, 0.5) is 0 Å². The van der Waals surface area contributed by atoms with Crippen LogP contribution in [0, 0.1) is 0 Å². The molecule has 9 nitrogen and oxygen atoms in total. The van der Waals surface area contributed by atoms with Crippen molar-refractivity contribution in [1.82, 2.24) is 0 Å². The average Bonchev–Trinajstić information content (AvgIpc) is 2.36. The van der Waals surface area contributed by atoms with Gasteiger partial charge in [-0.3, -0.25) is 19.2 Å². The van der Waals surface area contributed by atoms with Gasteiger partial charge in [0.1, 0.15) is 0 Å². The standard InChI is InChI=1S/C14H20O9/c1-6-11(20-7(2)15)12(21-8(3)16)13(22-9(4)17)14(19-6)23-10(5)18/h6,11-14H,1-5H3/t6-,11-,12-,13-,14-/m1/s1. The second-order valence-electron chi connectivity index (χ2n) is 5.04. The first-order chi connectivity index (χ1) is 10.6. The maximum atomic E-state index is 11.4. The first kappa shape index (κ1) is 18.9. The summed E-state index contributed by atoms with van der Waals surface area (Å²) in [5.41, 5.74) is 0.